The van der Waals surface area contributed by atoms with Crippen LogP contribution in [0.15, 0.2) is 24.3 Å². The van der Waals surface area contributed by atoms with Gasteiger partial charge < -0.3 is 9.64 Å². The third-order valence-electron chi connectivity index (χ3n) is 4.54. The third kappa shape index (κ3) is 2.86. The van der Waals surface area contributed by atoms with E-state index < -0.39 is 0 Å². The molecule has 0 spiro atoms. The molecule has 0 aromatic heterocycles. The molecule has 2 aliphatic rings. The number of piperidine rings is 1. The van der Waals surface area contributed by atoms with Gasteiger partial charge in [-0.2, -0.15) is 0 Å². The largest absolute Gasteiger partial charge is 0.494 e. The molecule has 2 saturated heterocycles. The number of likely N-dealkylation sites (tertiary alicyclic amines) is 1. The van der Waals surface area contributed by atoms with Crippen LogP contribution >= 0.6 is 0 Å². The Balaban J connectivity index is 1.76. The van der Waals surface area contributed by atoms with Crippen LogP contribution < -0.4 is 14.5 Å². The first-order valence-corrected chi connectivity index (χ1v) is 8.15. The van der Waals surface area contributed by atoms with E-state index in [1.165, 1.54) is 16.2 Å². The molecular weight excluding hydrogens is 280 g/mol. The highest BCUT2D eigenvalue weighted by Crippen LogP contribution is 2.24. The minimum Gasteiger partial charge on any atom is -0.494 e. The summed E-state index contributed by atoms with van der Waals surface area (Å²) in [5.74, 6) is 0.617. The number of imide groups is 1. The molecule has 22 heavy (non-hydrogen) atoms. The zero-order valence-electron chi connectivity index (χ0n) is 13.0. The smallest absolute Gasteiger partial charge is 0.292 e. The van der Waals surface area contributed by atoms with Gasteiger partial charge in [-0.25, -0.2) is 4.90 Å². The van der Waals surface area contributed by atoms with Gasteiger partial charge in [-0.1, -0.05) is 0 Å². The highest BCUT2D eigenvalue weighted by Gasteiger charge is 2.45. The second-order valence-corrected chi connectivity index (χ2v) is 5.97. The van der Waals surface area contributed by atoms with Crippen LogP contribution in [0.3, 0.4) is 0 Å². The average Bonchev–Trinajstić information content (AvgIpc) is 2.84. The second kappa shape index (κ2) is 6.48. The number of amides is 2. The zero-order valence-corrected chi connectivity index (χ0v) is 13.0. The Morgan fingerprint density at radius 3 is 2.45 bits per heavy atom. The van der Waals surface area contributed by atoms with Crippen molar-refractivity contribution < 1.29 is 19.2 Å². The Labute approximate surface area is 130 Å². The van der Waals surface area contributed by atoms with Gasteiger partial charge in [0.15, 0.2) is 6.04 Å². The van der Waals surface area contributed by atoms with Crippen molar-refractivity contribution in [1.29, 1.82) is 0 Å². The maximum absolute atomic E-state index is 12.7. The maximum atomic E-state index is 12.7. The summed E-state index contributed by atoms with van der Waals surface area (Å²) in [6.07, 6.45) is 3.87. The normalized spacial score (nSPS) is 23.1. The van der Waals surface area contributed by atoms with Gasteiger partial charge >= 0.3 is 0 Å². The van der Waals surface area contributed by atoms with Crippen molar-refractivity contribution in [2.45, 2.75) is 38.6 Å². The zero-order chi connectivity index (χ0) is 15.5. The Bertz CT molecular complexity index is 550. The summed E-state index contributed by atoms with van der Waals surface area (Å²) >= 11 is 0. The molecule has 2 amide bonds. The van der Waals surface area contributed by atoms with E-state index in [0.717, 1.165) is 31.7 Å². The van der Waals surface area contributed by atoms with Crippen LogP contribution in [0.2, 0.25) is 0 Å². The number of carbonyl (C=O) groups excluding carboxylic acids is 2. The first-order chi connectivity index (χ1) is 10.7. The van der Waals surface area contributed by atoms with E-state index in [-0.39, 0.29) is 17.9 Å². The molecule has 1 N–H and O–H groups in total. The Morgan fingerprint density at radius 1 is 1.14 bits per heavy atom. The summed E-state index contributed by atoms with van der Waals surface area (Å²) in [7, 11) is 0. The lowest BCUT2D eigenvalue weighted by atomic mass is 10.1. The van der Waals surface area contributed by atoms with Gasteiger partial charge in [0.2, 0.25) is 5.91 Å². The fourth-order valence-electron chi connectivity index (χ4n) is 3.43. The predicted molar refractivity (Wildman–Crippen MR) is 83.1 cm³/mol. The van der Waals surface area contributed by atoms with E-state index in [4.69, 9.17) is 4.74 Å². The molecule has 5 heteroatoms. The lowest BCUT2D eigenvalue weighted by molar-refractivity contribution is -0.919. The first-order valence-electron chi connectivity index (χ1n) is 8.15. The molecule has 2 aliphatic heterocycles. The van der Waals surface area contributed by atoms with Crippen molar-refractivity contribution in [2.24, 2.45) is 0 Å². The van der Waals surface area contributed by atoms with E-state index in [0.29, 0.717) is 18.7 Å². The van der Waals surface area contributed by atoms with E-state index >= 15 is 0 Å². The van der Waals surface area contributed by atoms with Crippen molar-refractivity contribution >= 4 is 17.5 Å². The molecule has 0 unspecified atom stereocenters. The van der Waals surface area contributed by atoms with E-state index in [1.54, 1.807) is 24.3 Å². The quantitative estimate of drug-likeness (QED) is 0.837. The van der Waals surface area contributed by atoms with Gasteiger partial charge in [0.05, 0.1) is 31.8 Å². The lowest BCUT2D eigenvalue weighted by Crippen LogP contribution is -3.17. The van der Waals surface area contributed by atoms with Crippen LogP contribution in [0.4, 0.5) is 5.69 Å². The standard InChI is InChI=1S/C17H22N2O3/c1-2-22-14-8-6-13(7-9-14)19-16(20)12-15(17(19)21)18-10-4-3-5-11-18/h6-9,15H,2-5,10-12H2,1H3/p+1/t15-/m1/s1. The summed E-state index contributed by atoms with van der Waals surface area (Å²) < 4.78 is 5.40. The van der Waals surface area contributed by atoms with Crippen LogP contribution in [0, 0.1) is 0 Å². The highest BCUT2D eigenvalue weighted by atomic mass is 16.5. The van der Waals surface area contributed by atoms with Crippen LogP contribution in [-0.2, 0) is 9.59 Å². The number of anilines is 1. The molecule has 0 bridgehead atoms. The van der Waals surface area contributed by atoms with E-state index in [2.05, 4.69) is 0 Å². The summed E-state index contributed by atoms with van der Waals surface area (Å²) in [4.78, 5) is 27.6. The third-order valence-corrected chi connectivity index (χ3v) is 4.54. The fraction of sp³-hybridized carbons (Fsp3) is 0.529. The van der Waals surface area contributed by atoms with Crippen molar-refractivity contribution in [3.8, 4) is 5.75 Å². The topological polar surface area (TPSA) is 51.0 Å². The summed E-state index contributed by atoms with van der Waals surface area (Å²) in [6.45, 7) is 4.52. The lowest BCUT2D eigenvalue weighted by Gasteiger charge is -2.27. The number of nitrogens with zero attached hydrogens (tertiary/aromatic N) is 1. The Hall–Kier alpha value is -1.88. The van der Waals surface area contributed by atoms with Crippen LogP contribution in [0.1, 0.15) is 32.6 Å². The van der Waals surface area contributed by atoms with Crippen molar-refractivity contribution in [1.82, 2.24) is 0 Å². The summed E-state index contributed by atoms with van der Waals surface area (Å²) in [5.41, 5.74) is 0.650. The molecule has 3 rings (SSSR count). The number of benzene rings is 1. The Morgan fingerprint density at radius 2 is 1.82 bits per heavy atom. The SMILES string of the molecule is CCOc1ccc(N2C(=O)C[C@@H]([NH+]3CCCCC3)C2=O)cc1. The Kier molecular flexibility index (Phi) is 4.43. The number of hydrogen-bond donors (Lipinski definition) is 1. The molecule has 118 valence electrons. The van der Waals surface area contributed by atoms with Crippen LogP contribution in [0.25, 0.3) is 0 Å². The molecule has 5 nitrogen and oxygen atoms in total. The van der Waals surface area contributed by atoms with Crippen LogP contribution in [-0.4, -0.2) is 37.6 Å². The van der Waals surface area contributed by atoms with Gasteiger partial charge in [-0.3, -0.25) is 9.59 Å². The van der Waals surface area contributed by atoms with Gasteiger partial charge in [0.1, 0.15) is 5.75 Å². The van der Waals surface area contributed by atoms with Crippen molar-refractivity contribution in [2.75, 3.05) is 24.6 Å². The number of quaternary nitrogens is 1. The molecular formula is C17H23N2O3+. The molecule has 2 heterocycles. The van der Waals surface area contributed by atoms with Crippen LogP contribution in [0.5, 0.6) is 5.75 Å². The van der Waals surface area contributed by atoms with Gasteiger partial charge in [0.25, 0.3) is 5.91 Å². The average molecular weight is 303 g/mol. The van der Waals surface area contributed by atoms with Gasteiger partial charge in [-0.05, 0) is 50.5 Å². The minimum atomic E-state index is -0.195. The predicted octanol–water partition coefficient (Wildman–Crippen LogP) is 0.786. The van der Waals surface area contributed by atoms with Crippen molar-refractivity contribution in [3.63, 3.8) is 0 Å². The molecule has 0 saturated carbocycles. The molecule has 2 fully saturated rings. The van der Waals surface area contributed by atoms with E-state index in [9.17, 15) is 9.59 Å². The number of hydrogen-bond acceptors (Lipinski definition) is 3. The summed E-state index contributed by atoms with van der Waals surface area (Å²) in [5, 5.41) is 0. The second-order valence-electron chi connectivity index (χ2n) is 5.97. The number of carbonyl (C=O) groups is 2. The highest BCUT2D eigenvalue weighted by molar-refractivity contribution is 6.21. The molecule has 0 radical (unpaired) electrons. The first kappa shape index (κ1) is 15.0. The molecule has 1 atom stereocenters. The number of ether oxygens (including phenoxy) is 1. The van der Waals surface area contributed by atoms with Gasteiger partial charge in [0, 0.05) is 0 Å². The number of nitrogens with one attached hydrogen (secondary N) is 1. The van der Waals surface area contributed by atoms with Gasteiger partial charge in [-0.15, -0.1) is 0 Å². The molecule has 1 aromatic rings. The molecule has 0 aliphatic carbocycles. The van der Waals surface area contributed by atoms with Crippen molar-refractivity contribution in [3.05, 3.63) is 24.3 Å². The minimum absolute atomic E-state index is 0.0499. The maximum Gasteiger partial charge on any atom is 0.292 e. The number of rotatable bonds is 4. The summed E-state index contributed by atoms with van der Waals surface area (Å²) in [6, 6.07) is 6.99. The molecule has 1 aromatic carbocycles. The monoisotopic (exact) mass is 303 g/mol. The van der Waals surface area contributed by atoms with E-state index in [1.807, 2.05) is 6.92 Å². The fourth-order valence-corrected chi connectivity index (χ4v) is 3.43.